The largest absolute Gasteiger partial charge is 0.508 e. The standard InChI is InChI=1S/C22H36O2/c1-2-3-4-5-6-7-8-9-10-11-12-13-14-18-22(24)20-16-15-17-21(23)19-20/h7-8,15-17,19,22-24H,2-6,9-14,18H2,1H3/b8-7-. The topological polar surface area (TPSA) is 40.5 Å². The quantitative estimate of drug-likeness (QED) is 0.294. The number of phenolic OH excluding ortho intramolecular Hbond substituents is 1. The van der Waals surface area contributed by atoms with Crippen molar-refractivity contribution in [2.24, 2.45) is 0 Å². The van der Waals surface area contributed by atoms with E-state index in [0.29, 0.717) is 0 Å². The van der Waals surface area contributed by atoms with Gasteiger partial charge in [0.1, 0.15) is 5.75 Å². The zero-order valence-corrected chi connectivity index (χ0v) is 15.4. The molecule has 2 heteroatoms. The smallest absolute Gasteiger partial charge is 0.115 e. The summed E-state index contributed by atoms with van der Waals surface area (Å²) in [7, 11) is 0. The van der Waals surface area contributed by atoms with Crippen LogP contribution in [-0.2, 0) is 0 Å². The molecule has 0 aromatic heterocycles. The van der Waals surface area contributed by atoms with E-state index in [1.54, 1.807) is 18.2 Å². The minimum absolute atomic E-state index is 0.227. The Morgan fingerprint density at radius 3 is 2.17 bits per heavy atom. The molecule has 0 heterocycles. The van der Waals surface area contributed by atoms with Gasteiger partial charge >= 0.3 is 0 Å². The van der Waals surface area contributed by atoms with Crippen LogP contribution in [0.15, 0.2) is 36.4 Å². The van der Waals surface area contributed by atoms with Gasteiger partial charge in [-0.3, -0.25) is 0 Å². The summed E-state index contributed by atoms with van der Waals surface area (Å²) in [5, 5.41) is 19.5. The number of unbranched alkanes of at least 4 members (excludes halogenated alkanes) is 9. The van der Waals surface area contributed by atoms with Gasteiger partial charge < -0.3 is 10.2 Å². The Balaban J connectivity index is 1.92. The molecule has 1 aromatic rings. The lowest BCUT2D eigenvalue weighted by molar-refractivity contribution is 0.163. The molecule has 1 aromatic carbocycles. The Hall–Kier alpha value is -1.28. The van der Waals surface area contributed by atoms with Crippen molar-refractivity contribution in [2.45, 2.75) is 90.1 Å². The van der Waals surface area contributed by atoms with Crippen LogP contribution < -0.4 is 0 Å². The molecule has 0 saturated heterocycles. The lowest BCUT2D eigenvalue weighted by atomic mass is 10.0. The van der Waals surface area contributed by atoms with Gasteiger partial charge in [0.25, 0.3) is 0 Å². The zero-order chi connectivity index (χ0) is 17.5. The molecule has 1 unspecified atom stereocenters. The molecule has 136 valence electrons. The van der Waals surface area contributed by atoms with Crippen molar-refractivity contribution >= 4 is 0 Å². The molecule has 0 aliphatic heterocycles. The van der Waals surface area contributed by atoms with E-state index < -0.39 is 6.10 Å². The monoisotopic (exact) mass is 332 g/mol. The number of aliphatic hydroxyl groups is 1. The summed E-state index contributed by atoms with van der Waals surface area (Å²) in [6, 6.07) is 6.94. The highest BCUT2D eigenvalue weighted by atomic mass is 16.3. The fourth-order valence-electron chi connectivity index (χ4n) is 2.95. The summed E-state index contributed by atoms with van der Waals surface area (Å²) in [6.45, 7) is 2.25. The fourth-order valence-corrected chi connectivity index (χ4v) is 2.95. The highest BCUT2D eigenvalue weighted by Gasteiger charge is 2.07. The molecule has 0 aliphatic rings. The first-order chi connectivity index (χ1) is 11.7. The first-order valence-corrected chi connectivity index (χ1v) is 9.86. The summed E-state index contributed by atoms with van der Waals surface area (Å²) >= 11 is 0. The van der Waals surface area contributed by atoms with Crippen molar-refractivity contribution in [3.63, 3.8) is 0 Å². The SMILES string of the molecule is CCCCCC/C=C\CCCCCCCC(O)c1cccc(O)c1. The molecule has 24 heavy (non-hydrogen) atoms. The Morgan fingerprint density at radius 2 is 1.50 bits per heavy atom. The predicted octanol–water partition coefficient (Wildman–Crippen LogP) is 6.68. The second kappa shape index (κ2) is 14.1. The maximum absolute atomic E-state index is 10.1. The van der Waals surface area contributed by atoms with Gasteiger partial charge in [-0.25, -0.2) is 0 Å². The van der Waals surface area contributed by atoms with E-state index >= 15 is 0 Å². The summed E-state index contributed by atoms with van der Waals surface area (Å²) in [5.74, 6) is 0.227. The predicted molar refractivity (Wildman–Crippen MR) is 103 cm³/mol. The molecule has 0 spiro atoms. The second-order valence-electron chi connectivity index (χ2n) is 6.78. The third-order valence-corrected chi connectivity index (χ3v) is 4.49. The van der Waals surface area contributed by atoms with Crippen LogP contribution in [0.25, 0.3) is 0 Å². The molecule has 0 fully saturated rings. The van der Waals surface area contributed by atoms with Gasteiger partial charge in [0, 0.05) is 0 Å². The molecule has 0 saturated carbocycles. The molecule has 0 radical (unpaired) electrons. The lowest BCUT2D eigenvalue weighted by Gasteiger charge is -2.11. The van der Waals surface area contributed by atoms with Gasteiger partial charge in [0.05, 0.1) is 6.10 Å². The van der Waals surface area contributed by atoms with Crippen molar-refractivity contribution in [1.29, 1.82) is 0 Å². The number of rotatable bonds is 14. The molecule has 1 rings (SSSR count). The first-order valence-electron chi connectivity index (χ1n) is 9.86. The molecule has 0 amide bonds. The molecule has 0 aliphatic carbocycles. The Labute approximate surface area is 148 Å². The van der Waals surface area contributed by atoms with E-state index in [1.807, 2.05) is 6.07 Å². The van der Waals surface area contributed by atoms with E-state index in [0.717, 1.165) is 18.4 Å². The number of allylic oxidation sites excluding steroid dienone is 2. The van der Waals surface area contributed by atoms with Crippen molar-refractivity contribution < 1.29 is 10.2 Å². The number of phenols is 1. The van der Waals surface area contributed by atoms with E-state index in [9.17, 15) is 10.2 Å². The van der Waals surface area contributed by atoms with Crippen molar-refractivity contribution in [2.75, 3.05) is 0 Å². The molecular formula is C22H36O2. The van der Waals surface area contributed by atoms with Crippen molar-refractivity contribution in [1.82, 2.24) is 0 Å². The van der Waals surface area contributed by atoms with Gasteiger partial charge in [-0.2, -0.15) is 0 Å². The number of hydrogen-bond donors (Lipinski definition) is 2. The molecule has 1 atom stereocenters. The van der Waals surface area contributed by atoms with Crippen molar-refractivity contribution in [3.8, 4) is 5.75 Å². The number of benzene rings is 1. The van der Waals surface area contributed by atoms with Crippen LogP contribution >= 0.6 is 0 Å². The number of hydrogen-bond acceptors (Lipinski definition) is 2. The van der Waals surface area contributed by atoms with E-state index in [1.165, 1.54) is 64.2 Å². The van der Waals surface area contributed by atoms with Gasteiger partial charge in [-0.1, -0.05) is 76.2 Å². The van der Waals surface area contributed by atoms with Crippen LogP contribution in [0.5, 0.6) is 5.75 Å². The zero-order valence-electron chi connectivity index (χ0n) is 15.4. The Morgan fingerprint density at radius 1 is 0.875 bits per heavy atom. The fraction of sp³-hybridized carbons (Fsp3) is 0.636. The first kappa shape index (κ1) is 20.8. The normalized spacial score (nSPS) is 12.8. The average molecular weight is 333 g/mol. The molecule has 2 nitrogen and oxygen atoms in total. The van der Waals surface area contributed by atoms with Gasteiger partial charge in [0.15, 0.2) is 0 Å². The maximum Gasteiger partial charge on any atom is 0.115 e. The highest BCUT2D eigenvalue weighted by molar-refractivity contribution is 5.28. The summed E-state index contributed by atoms with van der Waals surface area (Å²) in [5.41, 5.74) is 0.819. The van der Waals surface area contributed by atoms with Crippen LogP contribution in [0.1, 0.15) is 95.6 Å². The van der Waals surface area contributed by atoms with Gasteiger partial charge in [0.2, 0.25) is 0 Å². The Kier molecular flexibility index (Phi) is 12.2. The summed E-state index contributed by atoms with van der Waals surface area (Å²) < 4.78 is 0. The van der Waals surface area contributed by atoms with Crippen LogP contribution in [0.4, 0.5) is 0 Å². The second-order valence-corrected chi connectivity index (χ2v) is 6.78. The third kappa shape index (κ3) is 10.5. The third-order valence-electron chi connectivity index (χ3n) is 4.49. The van der Waals surface area contributed by atoms with E-state index in [2.05, 4.69) is 19.1 Å². The summed E-state index contributed by atoms with van der Waals surface area (Å²) in [4.78, 5) is 0. The average Bonchev–Trinajstić information content (AvgIpc) is 2.59. The van der Waals surface area contributed by atoms with Crippen LogP contribution in [0.3, 0.4) is 0 Å². The minimum Gasteiger partial charge on any atom is -0.508 e. The number of aliphatic hydroxyl groups excluding tert-OH is 1. The lowest BCUT2D eigenvalue weighted by Crippen LogP contribution is -1.97. The molecule has 0 bridgehead atoms. The van der Waals surface area contributed by atoms with Gasteiger partial charge in [-0.05, 0) is 49.8 Å². The highest BCUT2D eigenvalue weighted by Crippen LogP contribution is 2.23. The molecular weight excluding hydrogens is 296 g/mol. The van der Waals surface area contributed by atoms with Crippen molar-refractivity contribution in [3.05, 3.63) is 42.0 Å². The van der Waals surface area contributed by atoms with Crippen LogP contribution in [0.2, 0.25) is 0 Å². The van der Waals surface area contributed by atoms with Crippen LogP contribution in [-0.4, -0.2) is 10.2 Å². The Bertz CT molecular complexity index is 439. The molecule has 2 N–H and O–H groups in total. The van der Waals surface area contributed by atoms with E-state index in [-0.39, 0.29) is 5.75 Å². The summed E-state index contributed by atoms with van der Waals surface area (Å²) in [6.07, 6.45) is 18.9. The minimum atomic E-state index is -0.451. The van der Waals surface area contributed by atoms with Crippen LogP contribution in [0, 0.1) is 0 Å². The maximum atomic E-state index is 10.1. The van der Waals surface area contributed by atoms with E-state index in [4.69, 9.17) is 0 Å². The van der Waals surface area contributed by atoms with Gasteiger partial charge in [-0.15, -0.1) is 0 Å². The number of aromatic hydroxyl groups is 1.